The van der Waals surface area contributed by atoms with Gasteiger partial charge >= 0.3 is 0 Å². The van der Waals surface area contributed by atoms with Gasteiger partial charge in [-0.1, -0.05) is 18.2 Å². The number of aryl methyl sites for hydroxylation is 1. The number of hydrogen-bond donors (Lipinski definition) is 0. The Hall–Kier alpha value is -2.68. The second-order valence-corrected chi connectivity index (χ2v) is 5.44. The van der Waals surface area contributed by atoms with Crippen molar-refractivity contribution in [3.63, 3.8) is 0 Å². The fourth-order valence-corrected chi connectivity index (χ4v) is 2.83. The van der Waals surface area contributed by atoms with E-state index < -0.39 is 0 Å². The summed E-state index contributed by atoms with van der Waals surface area (Å²) in [7, 11) is 0. The number of aromatic nitrogens is 2. The van der Waals surface area contributed by atoms with Crippen LogP contribution in [0.2, 0.25) is 0 Å². The Morgan fingerprint density at radius 2 is 1.77 bits per heavy atom. The highest BCUT2D eigenvalue weighted by molar-refractivity contribution is 5.95. The highest BCUT2D eigenvalue weighted by Gasteiger charge is 2.13. The van der Waals surface area contributed by atoms with E-state index in [-0.39, 0.29) is 5.78 Å². The summed E-state index contributed by atoms with van der Waals surface area (Å²) in [4.78, 5) is 16.0. The summed E-state index contributed by atoms with van der Waals surface area (Å²) in [6, 6.07) is 16.1. The van der Waals surface area contributed by atoms with E-state index in [1.165, 1.54) is 0 Å². The molecule has 0 atom stereocenters. The second-order valence-electron chi connectivity index (χ2n) is 5.44. The van der Waals surface area contributed by atoms with Crippen molar-refractivity contribution in [2.45, 2.75) is 20.8 Å². The van der Waals surface area contributed by atoms with Crippen molar-refractivity contribution in [2.24, 2.45) is 0 Å². The fourth-order valence-electron chi connectivity index (χ4n) is 2.83. The molecule has 3 rings (SSSR count). The number of hydrogen-bond acceptors (Lipinski definition) is 2. The lowest BCUT2D eigenvalue weighted by Crippen LogP contribution is -2.01. The number of carbonyl (C=O) groups excluding carboxylic acids is 1. The molecule has 0 fully saturated rings. The van der Waals surface area contributed by atoms with Crippen LogP contribution in [0.4, 0.5) is 0 Å². The summed E-state index contributed by atoms with van der Waals surface area (Å²) >= 11 is 0. The minimum absolute atomic E-state index is 0.101. The first-order valence-electron chi connectivity index (χ1n) is 7.29. The zero-order chi connectivity index (χ0) is 15.7. The molecule has 0 aliphatic heterocycles. The van der Waals surface area contributed by atoms with Gasteiger partial charge in [0.25, 0.3) is 0 Å². The maximum absolute atomic E-state index is 11.7. The molecule has 1 aromatic carbocycles. The summed E-state index contributed by atoms with van der Waals surface area (Å²) < 4.78 is 2.11. The molecule has 2 heterocycles. The fraction of sp³-hybridized carbons (Fsp3) is 0.158. The van der Waals surface area contributed by atoms with E-state index in [2.05, 4.69) is 33.8 Å². The van der Waals surface area contributed by atoms with E-state index in [1.54, 1.807) is 13.1 Å². The normalized spacial score (nSPS) is 10.7. The summed E-state index contributed by atoms with van der Waals surface area (Å²) in [6.07, 6.45) is 1.79. The van der Waals surface area contributed by atoms with Crippen LogP contribution in [-0.4, -0.2) is 15.3 Å². The zero-order valence-corrected chi connectivity index (χ0v) is 13.0. The molecule has 0 saturated heterocycles. The Morgan fingerprint density at radius 3 is 2.32 bits per heavy atom. The van der Waals surface area contributed by atoms with E-state index in [4.69, 9.17) is 0 Å². The molecule has 22 heavy (non-hydrogen) atoms. The Morgan fingerprint density at radius 1 is 1.05 bits per heavy atom. The molecule has 3 aromatic rings. The molecule has 3 heteroatoms. The van der Waals surface area contributed by atoms with Gasteiger partial charge in [0, 0.05) is 34.4 Å². The van der Waals surface area contributed by atoms with Crippen LogP contribution >= 0.6 is 0 Å². The highest BCUT2D eigenvalue weighted by atomic mass is 16.1. The van der Waals surface area contributed by atoms with Crippen LogP contribution in [0.3, 0.4) is 0 Å². The van der Waals surface area contributed by atoms with Gasteiger partial charge in [-0.05, 0) is 51.1 Å². The molecular formula is C19H18N2O. The Kier molecular flexibility index (Phi) is 3.63. The number of pyridine rings is 1. The zero-order valence-electron chi connectivity index (χ0n) is 13.0. The third-order valence-corrected chi connectivity index (χ3v) is 3.90. The summed E-state index contributed by atoms with van der Waals surface area (Å²) in [5.74, 6) is 0.101. The van der Waals surface area contributed by atoms with Crippen LogP contribution in [0, 0.1) is 13.8 Å². The van der Waals surface area contributed by atoms with Gasteiger partial charge in [0.05, 0.1) is 5.69 Å². The maximum Gasteiger partial charge on any atom is 0.161 e. The first kappa shape index (κ1) is 14.3. The highest BCUT2D eigenvalue weighted by Crippen LogP contribution is 2.24. The molecule has 0 bridgehead atoms. The van der Waals surface area contributed by atoms with Gasteiger partial charge in [-0.2, -0.15) is 0 Å². The number of Topliss-reactive ketones (excluding diaryl/α,β-unsaturated/α-hetero) is 1. The van der Waals surface area contributed by atoms with Crippen molar-refractivity contribution in [1.82, 2.24) is 9.55 Å². The molecule has 0 radical (unpaired) electrons. The van der Waals surface area contributed by atoms with Gasteiger partial charge in [-0.3, -0.25) is 9.78 Å². The molecule has 0 spiro atoms. The minimum atomic E-state index is 0.101. The van der Waals surface area contributed by atoms with Gasteiger partial charge in [-0.15, -0.1) is 0 Å². The van der Waals surface area contributed by atoms with Gasteiger partial charge in [0.2, 0.25) is 0 Å². The van der Waals surface area contributed by atoms with E-state index in [0.717, 1.165) is 33.9 Å². The largest absolute Gasteiger partial charge is 0.318 e. The van der Waals surface area contributed by atoms with Crippen LogP contribution in [0.5, 0.6) is 0 Å². The average molecular weight is 290 g/mol. The van der Waals surface area contributed by atoms with Crippen molar-refractivity contribution in [1.29, 1.82) is 0 Å². The van der Waals surface area contributed by atoms with Crippen LogP contribution < -0.4 is 0 Å². The predicted octanol–water partition coefficient (Wildman–Crippen LogP) is 4.36. The van der Waals surface area contributed by atoms with Crippen molar-refractivity contribution in [3.05, 3.63) is 71.7 Å². The van der Waals surface area contributed by atoms with Gasteiger partial charge in [0.15, 0.2) is 5.78 Å². The van der Waals surface area contributed by atoms with Crippen LogP contribution in [0.25, 0.3) is 16.9 Å². The summed E-state index contributed by atoms with van der Waals surface area (Å²) in [6.45, 7) is 5.61. The molecule has 3 nitrogen and oxygen atoms in total. The first-order valence-corrected chi connectivity index (χ1v) is 7.29. The number of rotatable bonds is 3. The molecule has 0 aliphatic carbocycles. The standard InChI is InChI=1S/C19H18N2O/c1-13-12-18(15(3)22)14(2)21(13)17-9-7-16(8-10-17)19-6-4-5-11-20-19/h4-12H,1-3H3. The summed E-state index contributed by atoms with van der Waals surface area (Å²) in [5, 5.41) is 0. The maximum atomic E-state index is 11.7. The molecule has 0 N–H and O–H groups in total. The number of ketones is 1. The number of nitrogens with zero attached hydrogens (tertiary/aromatic N) is 2. The molecule has 0 unspecified atom stereocenters. The first-order chi connectivity index (χ1) is 10.6. The third kappa shape index (κ3) is 2.46. The Balaban J connectivity index is 2.02. The van der Waals surface area contributed by atoms with E-state index in [9.17, 15) is 4.79 Å². The van der Waals surface area contributed by atoms with E-state index in [0.29, 0.717) is 0 Å². The lowest BCUT2D eigenvalue weighted by Gasteiger charge is -2.10. The molecule has 0 aliphatic rings. The van der Waals surface area contributed by atoms with Crippen LogP contribution in [0.1, 0.15) is 28.7 Å². The molecule has 2 aromatic heterocycles. The average Bonchev–Trinajstić information content (AvgIpc) is 2.83. The van der Waals surface area contributed by atoms with Crippen molar-refractivity contribution < 1.29 is 4.79 Å². The van der Waals surface area contributed by atoms with Crippen molar-refractivity contribution in [3.8, 4) is 16.9 Å². The van der Waals surface area contributed by atoms with E-state index >= 15 is 0 Å². The molecule has 110 valence electrons. The topological polar surface area (TPSA) is 34.9 Å². The van der Waals surface area contributed by atoms with Gasteiger partial charge < -0.3 is 4.57 Å². The van der Waals surface area contributed by atoms with Gasteiger partial charge in [0.1, 0.15) is 0 Å². The Bertz CT molecular complexity index is 815. The van der Waals surface area contributed by atoms with E-state index in [1.807, 2.05) is 38.1 Å². The molecule has 0 amide bonds. The Labute approximate surface area is 130 Å². The molecule has 0 saturated carbocycles. The second kappa shape index (κ2) is 5.60. The van der Waals surface area contributed by atoms with Crippen LogP contribution in [0.15, 0.2) is 54.7 Å². The van der Waals surface area contributed by atoms with Crippen molar-refractivity contribution in [2.75, 3.05) is 0 Å². The third-order valence-electron chi connectivity index (χ3n) is 3.90. The van der Waals surface area contributed by atoms with Gasteiger partial charge in [-0.25, -0.2) is 0 Å². The number of benzene rings is 1. The monoisotopic (exact) mass is 290 g/mol. The lowest BCUT2D eigenvalue weighted by atomic mass is 10.1. The smallest absolute Gasteiger partial charge is 0.161 e. The molecular weight excluding hydrogens is 272 g/mol. The quantitative estimate of drug-likeness (QED) is 0.672. The predicted molar refractivity (Wildman–Crippen MR) is 88.5 cm³/mol. The number of carbonyl (C=O) groups is 1. The minimum Gasteiger partial charge on any atom is -0.318 e. The SMILES string of the molecule is CC(=O)c1cc(C)n(-c2ccc(-c3ccccn3)cc2)c1C. The lowest BCUT2D eigenvalue weighted by molar-refractivity contribution is 0.101. The van der Waals surface area contributed by atoms with Crippen molar-refractivity contribution >= 4 is 5.78 Å². The van der Waals surface area contributed by atoms with Crippen LogP contribution in [-0.2, 0) is 0 Å². The summed E-state index contributed by atoms with van der Waals surface area (Å²) in [5.41, 5.74) is 5.93.